The van der Waals surface area contributed by atoms with Crippen molar-refractivity contribution in [3.8, 4) is 22.5 Å². The van der Waals surface area contributed by atoms with E-state index in [-0.39, 0.29) is 29.2 Å². The summed E-state index contributed by atoms with van der Waals surface area (Å²) in [4.78, 5) is 24.0. The molecule has 0 aliphatic rings. The molecular weight excluding hydrogens is 491 g/mol. The lowest BCUT2D eigenvalue weighted by molar-refractivity contribution is 0.168. The summed E-state index contributed by atoms with van der Waals surface area (Å²) in [6.45, 7) is 5.97. The number of hydrogen-bond acceptors (Lipinski definition) is 9. The Morgan fingerprint density at radius 3 is 2.53 bits per heavy atom. The van der Waals surface area contributed by atoms with Crippen LogP contribution in [0.1, 0.15) is 26.8 Å². The maximum absolute atomic E-state index is 15.6. The third kappa shape index (κ3) is 6.05. The van der Waals surface area contributed by atoms with E-state index in [1.54, 1.807) is 30.1 Å². The smallest absolute Gasteiger partial charge is 0.407 e. The first kappa shape index (κ1) is 26.8. The highest BCUT2D eigenvalue weighted by Gasteiger charge is 2.25. The molecule has 3 heterocycles. The molecule has 0 aliphatic heterocycles. The number of nitrogens with zero attached hydrogens (tertiary/aromatic N) is 6. The lowest BCUT2D eigenvalue weighted by Gasteiger charge is -2.17. The van der Waals surface area contributed by atoms with Crippen LogP contribution in [0.5, 0.6) is 0 Å². The zero-order chi connectivity index (χ0) is 26.6. The van der Waals surface area contributed by atoms with E-state index < -0.39 is 21.9 Å². The second-order valence-electron chi connectivity index (χ2n) is 8.38. The van der Waals surface area contributed by atoms with Gasteiger partial charge in [-0.1, -0.05) is 0 Å². The molecule has 3 aromatic rings. The molecule has 0 radical (unpaired) electrons. The first-order valence-corrected chi connectivity index (χ1v) is 12.9. The molecule has 3 aromatic heterocycles. The number of sulfonamides is 1. The maximum atomic E-state index is 15.6. The molecule has 12 nitrogen and oxygen atoms in total. The number of alkyl carbamates (subject to hydrolysis) is 1. The fourth-order valence-electron chi connectivity index (χ4n) is 3.18. The Kier molecular flexibility index (Phi) is 8.07. The molecule has 0 fully saturated rings. The monoisotopic (exact) mass is 520 g/mol. The summed E-state index contributed by atoms with van der Waals surface area (Å²) in [5, 5.41) is 10.2. The van der Waals surface area contributed by atoms with Crippen molar-refractivity contribution >= 4 is 27.9 Å². The average Bonchev–Trinajstić information content (AvgIpc) is 3.28. The molecule has 3 rings (SSSR count). The van der Waals surface area contributed by atoms with Gasteiger partial charge in [0.15, 0.2) is 11.6 Å². The zero-order valence-electron chi connectivity index (χ0n) is 20.9. The number of carbonyl (C=O) groups excluding carboxylic acids is 1. The number of halogens is 1. The molecule has 0 saturated carbocycles. The summed E-state index contributed by atoms with van der Waals surface area (Å²) in [5.74, 6) is -0.866. The van der Waals surface area contributed by atoms with Crippen LogP contribution in [0.3, 0.4) is 0 Å². The highest BCUT2D eigenvalue weighted by molar-refractivity contribution is 7.92. The van der Waals surface area contributed by atoms with Crippen LogP contribution in [-0.2, 0) is 14.8 Å². The predicted molar refractivity (Wildman–Crippen MR) is 134 cm³/mol. The number of anilines is 2. The average molecular weight is 521 g/mol. The van der Waals surface area contributed by atoms with Gasteiger partial charge in [0, 0.05) is 55.4 Å². The summed E-state index contributed by atoms with van der Waals surface area (Å²) in [6.07, 6.45) is 5.04. The maximum Gasteiger partial charge on any atom is 0.407 e. The molecule has 0 spiro atoms. The minimum atomic E-state index is -3.73. The van der Waals surface area contributed by atoms with E-state index in [4.69, 9.17) is 0 Å². The van der Waals surface area contributed by atoms with E-state index in [0.29, 0.717) is 23.8 Å². The molecule has 1 atom stereocenters. The Labute approximate surface area is 209 Å². The van der Waals surface area contributed by atoms with Gasteiger partial charge >= 0.3 is 6.09 Å². The number of amides is 1. The molecular formula is C22H29FN8O4S. The minimum Gasteiger partial charge on any atom is -0.453 e. The largest absolute Gasteiger partial charge is 0.453 e. The van der Waals surface area contributed by atoms with Gasteiger partial charge in [-0.2, -0.15) is 5.10 Å². The molecule has 2 N–H and O–H groups in total. The van der Waals surface area contributed by atoms with Gasteiger partial charge in [0.05, 0.1) is 19.1 Å². The molecule has 0 aliphatic carbocycles. The van der Waals surface area contributed by atoms with Crippen molar-refractivity contribution in [1.29, 1.82) is 0 Å². The van der Waals surface area contributed by atoms with Crippen LogP contribution in [0.15, 0.2) is 30.7 Å². The summed E-state index contributed by atoms with van der Waals surface area (Å²) in [5.41, 5.74) is 1.34. The van der Waals surface area contributed by atoms with Gasteiger partial charge in [0.25, 0.3) is 0 Å². The van der Waals surface area contributed by atoms with Gasteiger partial charge in [-0.05, 0) is 32.9 Å². The number of hydrogen-bond donors (Lipinski definition) is 2. The first-order valence-electron chi connectivity index (χ1n) is 11.0. The molecule has 14 heteroatoms. The lowest BCUT2D eigenvalue weighted by Crippen LogP contribution is -2.37. The third-order valence-electron chi connectivity index (χ3n) is 5.23. The van der Waals surface area contributed by atoms with Crippen LogP contribution in [0.4, 0.5) is 21.0 Å². The predicted octanol–water partition coefficient (Wildman–Crippen LogP) is 2.67. The molecule has 0 unspecified atom stereocenters. The van der Waals surface area contributed by atoms with Crippen LogP contribution in [0.25, 0.3) is 22.5 Å². The Hall–Kier alpha value is -3.81. The molecule has 36 heavy (non-hydrogen) atoms. The highest BCUT2D eigenvalue weighted by Crippen LogP contribution is 2.35. The van der Waals surface area contributed by atoms with Crippen molar-refractivity contribution < 1.29 is 22.3 Å². The highest BCUT2D eigenvalue weighted by atomic mass is 32.2. The fraction of sp³-hybridized carbons (Fsp3) is 0.409. The number of rotatable bonds is 9. The fourth-order valence-corrected chi connectivity index (χ4v) is 3.63. The van der Waals surface area contributed by atoms with Crippen LogP contribution >= 0.6 is 0 Å². The van der Waals surface area contributed by atoms with Crippen LogP contribution in [0.2, 0.25) is 0 Å². The van der Waals surface area contributed by atoms with Gasteiger partial charge < -0.3 is 15.4 Å². The molecule has 0 bridgehead atoms. The van der Waals surface area contributed by atoms with Gasteiger partial charge in [-0.15, -0.1) is 0 Å². The van der Waals surface area contributed by atoms with E-state index in [1.807, 2.05) is 13.8 Å². The van der Waals surface area contributed by atoms with Gasteiger partial charge in [-0.25, -0.2) is 32.6 Å². The van der Waals surface area contributed by atoms with Crippen molar-refractivity contribution in [2.45, 2.75) is 32.9 Å². The van der Waals surface area contributed by atoms with Crippen molar-refractivity contribution in [1.82, 2.24) is 30.0 Å². The first-order chi connectivity index (χ1) is 16.9. The summed E-state index contributed by atoms with van der Waals surface area (Å²) < 4.78 is 46.6. The van der Waals surface area contributed by atoms with E-state index in [0.717, 1.165) is 10.6 Å². The van der Waals surface area contributed by atoms with Crippen molar-refractivity contribution in [3.63, 3.8) is 0 Å². The van der Waals surface area contributed by atoms with Crippen LogP contribution in [-0.4, -0.2) is 72.2 Å². The normalized spacial score (nSPS) is 12.3. The topological polar surface area (TPSA) is 144 Å². The van der Waals surface area contributed by atoms with E-state index in [2.05, 4.69) is 35.4 Å². The minimum absolute atomic E-state index is 0.0368. The van der Waals surface area contributed by atoms with Crippen molar-refractivity contribution in [3.05, 3.63) is 36.5 Å². The quantitative estimate of drug-likeness (QED) is 0.435. The van der Waals surface area contributed by atoms with Crippen LogP contribution < -0.4 is 14.9 Å². The number of pyridine rings is 1. The van der Waals surface area contributed by atoms with Crippen molar-refractivity contribution in [2.24, 2.45) is 0 Å². The van der Waals surface area contributed by atoms with Gasteiger partial charge in [0.2, 0.25) is 16.0 Å². The molecule has 1 amide bonds. The summed E-state index contributed by atoms with van der Waals surface area (Å²) in [7, 11) is -1.22. The standard InChI is InChI=1S/C22H29FN8O4S/c1-13(2)31-12-16(17-8-10-25-21(28-17)26-11-14(3)27-22(32)35-5)19(29-31)15-7-9-24-20(18(15)23)30(4)36(6,33)34/h7-10,12-14H,11H2,1-6H3,(H,27,32)(H,25,26,28)/t14-/m0/s1. The SMILES string of the molecule is COC(=O)N[C@@H](C)CNc1nccc(-c2cn(C(C)C)nc2-c2ccnc(N(C)S(C)(=O)=O)c2F)n1. The van der Waals surface area contributed by atoms with Crippen LogP contribution in [0, 0.1) is 5.82 Å². The zero-order valence-corrected chi connectivity index (χ0v) is 21.7. The number of methoxy groups -OCH3 is 1. The van der Waals surface area contributed by atoms with E-state index >= 15 is 4.39 Å². The number of ether oxygens (including phenoxy) is 1. The van der Waals surface area contributed by atoms with Gasteiger partial charge in [-0.3, -0.25) is 8.99 Å². The number of nitrogens with one attached hydrogen (secondary N) is 2. The Morgan fingerprint density at radius 2 is 1.89 bits per heavy atom. The summed E-state index contributed by atoms with van der Waals surface area (Å²) >= 11 is 0. The Morgan fingerprint density at radius 1 is 1.19 bits per heavy atom. The Balaban J connectivity index is 2.02. The lowest BCUT2D eigenvalue weighted by atomic mass is 10.1. The second-order valence-corrected chi connectivity index (χ2v) is 10.4. The molecule has 194 valence electrons. The Bertz CT molecular complexity index is 1350. The number of aromatic nitrogens is 5. The third-order valence-corrected chi connectivity index (χ3v) is 6.40. The van der Waals surface area contributed by atoms with E-state index in [9.17, 15) is 13.2 Å². The number of carbonyl (C=O) groups is 1. The van der Waals surface area contributed by atoms with Crippen molar-refractivity contribution in [2.75, 3.05) is 36.6 Å². The molecule has 0 aromatic carbocycles. The molecule has 0 saturated heterocycles. The van der Waals surface area contributed by atoms with Gasteiger partial charge in [0.1, 0.15) is 5.69 Å². The second kappa shape index (κ2) is 10.8. The van der Waals surface area contributed by atoms with E-state index in [1.165, 1.54) is 26.4 Å². The summed E-state index contributed by atoms with van der Waals surface area (Å²) in [6, 6.07) is 2.80.